The van der Waals surface area contributed by atoms with E-state index < -0.39 is 0 Å². The van der Waals surface area contributed by atoms with Crippen molar-refractivity contribution in [3.8, 4) is 0 Å². The first kappa shape index (κ1) is 14.0. The van der Waals surface area contributed by atoms with Gasteiger partial charge in [-0.25, -0.2) is 9.37 Å². The number of rotatable bonds is 6. The maximum Gasteiger partial charge on any atom is 0.125 e. The van der Waals surface area contributed by atoms with E-state index in [1.807, 2.05) is 0 Å². The predicted octanol–water partition coefficient (Wildman–Crippen LogP) is 3.47. The molecular weight excluding hydrogens is 241 g/mol. The van der Waals surface area contributed by atoms with E-state index >= 15 is 0 Å². The van der Waals surface area contributed by atoms with Gasteiger partial charge in [-0.2, -0.15) is 0 Å². The highest BCUT2D eigenvalue weighted by molar-refractivity contribution is 5.76. The number of hydrogen-bond donors (Lipinski definition) is 1. The topological polar surface area (TPSA) is 29.9 Å². The summed E-state index contributed by atoms with van der Waals surface area (Å²) in [6, 6.07) is 5.26. The molecule has 19 heavy (non-hydrogen) atoms. The fourth-order valence-corrected chi connectivity index (χ4v) is 2.16. The Hall–Kier alpha value is -1.42. The van der Waals surface area contributed by atoms with Gasteiger partial charge in [0.2, 0.25) is 0 Å². The Labute approximate surface area is 113 Å². The number of halogens is 1. The van der Waals surface area contributed by atoms with Gasteiger partial charge in [-0.3, -0.25) is 0 Å². The van der Waals surface area contributed by atoms with Crippen molar-refractivity contribution in [1.29, 1.82) is 0 Å². The van der Waals surface area contributed by atoms with Gasteiger partial charge in [0.25, 0.3) is 0 Å². The summed E-state index contributed by atoms with van der Waals surface area (Å²) in [5.74, 6) is 0.786. The Kier molecular flexibility index (Phi) is 4.53. The summed E-state index contributed by atoms with van der Waals surface area (Å²) >= 11 is 0. The lowest BCUT2D eigenvalue weighted by Crippen LogP contribution is -2.26. The quantitative estimate of drug-likeness (QED) is 0.864. The lowest BCUT2D eigenvalue weighted by molar-refractivity contribution is 0.508. The fraction of sp³-hybridized carbons (Fsp3) is 0.533. The molecule has 1 aromatic carbocycles. The molecule has 0 radical (unpaired) electrons. The van der Waals surface area contributed by atoms with Crippen molar-refractivity contribution in [1.82, 2.24) is 14.9 Å². The van der Waals surface area contributed by atoms with Gasteiger partial charge in [0.15, 0.2) is 0 Å². The van der Waals surface area contributed by atoms with E-state index in [9.17, 15) is 4.39 Å². The molecule has 0 aliphatic heterocycles. The van der Waals surface area contributed by atoms with E-state index in [0.717, 1.165) is 42.8 Å². The van der Waals surface area contributed by atoms with Crippen LogP contribution in [0.4, 0.5) is 4.39 Å². The third-order valence-electron chi connectivity index (χ3n) is 3.46. The number of fused-ring (bicyclic) bond motifs is 1. The summed E-state index contributed by atoms with van der Waals surface area (Å²) in [6.07, 6.45) is 2.10. The van der Waals surface area contributed by atoms with Crippen LogP contribution in [0, 0.1) is 5.82 Å². The minimum absolute atomic E-state index is 0.203. The van der Waals surface area contributed by atoms with E-state index in [2.05, 4.69) is 35.6 Å². The van der Waals surface area contributed by atoms with Crippen molar-refractivity contribution in [2.24, 2.45) is 0 Å². The Balaban J connectivity index is 2.33. The molecule has 1 N–H and O–H groups in total. The first-order chi connectivity index (χ1) is 9.15. The Morgan fingerprint density at radius 1 is 1.37 bits per heavy atom. The van der Waals surface area contributed by atoms with E-state index in [-0.39, 0.29) is 5.82 Å². The second-order valence-electron chi connectivity index (χ2n) is 5.00. The third-order valence-corrected chi connectivity index (χ3v) is 3.46. The largest absolute Gasteiger partial charge is 0.327 e. The summed E-state index contributed by atoms with van der Waals surface area (Å²) in [7, 11) is 0. The van der Waals surface area contributed by atoms with E-state index in [1.54, 1.807) is 12.1 Å². The molecule has 0 amide bonds. The van der Waals surface area contributed by atoms with E-state index in [1.165, 1.54) is 6.07 Å². The number of aromatic nitrogens is 2. The summed E-state index contributed by atoms with van der Waals surface area (Å²) in [4.78, 5) is 4.61. The minimum atomic E-state index is -0.203. The average Bonchev–Trinajstić information content (AvgIpc) is 2.74. The molecule has 104 valence electrons. The van der Waals surface area contributed by atoms with E-state index in [4.69, 9.17) is 0 Å². The maximum atomic E-state index is 13.4. The minimum Gasteiger partial charge on any atom is -0.327 e. The fourth-order valence-electron chi connectivity index (χ4n) is 2.16. The maximum absolute atomic E-state index is 13.4. The van der Waals surface area contributed by atoms with Crippen molar-refractivity contribution >= 4 is 11.0 Å². The molecule has 4 heteroatoms. The molecule has 2 aromatic rings. The third kappa shape index (κ3) is 3.13. The van der Waals surface area contributed by atoms with Crippen LogP contribution in [-0.2, 0) is 13.1 Å². The highest BCUT2D eigenvalue weighted by atomic mass is 19.1. The van der Waals surface area contributed by atoms with Crippen LogP contribution >= 0.6 is 0 Å². The van der Waals surface area contributed by atoms with Gasteiger partial charge in [0.05, 0.1) is 17.6 Å². The zero-order valence-electron chi connectivity index (χ0n) is 11.9. The molecular formula is C15H22FN3. The Morgan fingerprint density at radius 3 is 2.84 bits per heavy atom. The standard InChI is InChI=1S/C15H22FN3/c1-4-8-19-14-9-12(16)6-7-13(14)18-15(19)10-17-11(3)5-2/h6-7,9,11,17H,4-5,8,10H2,1-3H3. The zero-order chi connectivity index (χ0) is 13.8. The average molecular weight is 263 g/mol. The summed E-state index contributed by atoms with van der Waals surface area (Å²) < 4.78 is 15.5. The second-order valence-corrected chi connectivity index (χ2v) is 5.00. The molecule has 1 aromatic heterocycles. The predicted molar refractivity (Wildman–Crippen MR) is 76.6 cm³/mol. The molecule has 0 aliphatic rings. The highest BCUT2D eigenvalue weighted by Crippen LogP contribution is 2.18. The van der Waals surface area contributed by atoms with Crippen molar-refractivity contribution < 1.29 is 4.39 Å². The van der Waals surface area contributed by atoms with Gasteiger partial charge in [-0.05, 0) is 38.0 Å². The van der Waals surface area contributed by atoms with Gasteiger partial charge in [-0.1, -0.05) is 13.8 Å². The van der Waals surface area contributed by atoms with Crippen LogP contribution in [0.25, 0.3) is 11.0 Å². The van der Waals surface area contributed by atoms with Crippen LogP contribution in [0.15, 0.2) is 18.2 Å². The van der Waals surface area contributed by atoms with Gasteiger partial charge in [0.1, 0.15) is 11.6 Å². The molecule has 0 aliphatic carbocycles. The monoisotopic (exact) mass is 263 g/mol. The van der Waals surface area contributed by atoms with Crippen molar-refractivity contribution in [3.63, 3.8) is 0 Å². The SMILES string of the molecule is CCCn1c(CNC(C)CC)nc2ccc(F)cc21. The van der Waals surface area contributed by atoms with Crippen LogP contribution < -0.4 is 5.32 Å². The molecule has 1 atom stereocenters. The second kappa shape index (κ2) is 6.15. The molecule has 3 nitrogen and oxygen atoms in total. The molecule has 0 saturated carbocycles. The van der Waals surface area contributed by atoms with Gasteiger partial charge >= 0.3 is 0 Å². The molecule has 2 rings (SSSR count). The molecule has 1 heterocycles. The molecule has 0 bridgehead atoms. The van der Waals surface area contributed by atoms with Gasteiger partial charge < -0.3 is 9.88 Å². The molecule has 0 fully saturated rings. The van der Waals surface area contributed by atoms with Crippen LogP contribution in [0.5, 0.6) is 0 Å². The zero-order valence-corrected chi connectivity index (χ0v) is 11.9. The first-order valence-electron chi connectivity index (χ1n) is 7.03. The first-order valence-corrected chi connectivity index (χ1v) is 7.03. The summed E-state index contributed by atoms with van der Waals surface area (Å²) in [5, 5.41) is 3.45. The normalized spacial score (nSPS) is 13.1. The van der Waals surface area contributed by atoms with Gasteiger partial charge in [0, 0.05) is 12.6 Å². The van der Waals surface area contributed by atoms with Crippen LogP contribution in [0.3, 0.4) is 0 Å². The number of nitrogens with one attached hydrogen (secondary N) is 1. The Morgan fingerprint density at radius 2 is 2.16 bits per heavy atom. The molecule has 0 spiro atoms. The Bertz CT molecular complexity index is 548. The molecule has 0 saturated heterocycles. The lowest BCUT2D eigenvalue weighted by atomic mass is 10.2. The number of nitrogens with zero attached hydrogens (tertiary/aromatic N) is 2. The molecule has 1 unspecified atom stereocenters. The van der Waals surface area contributed by atoms with Crippen molar-refractivity contribution in [3.05, 3.63) is 29.8 Å². The number of imidazole rings is 1. The van der Waals surface area contributed by atoms with Crippen molar-refractivity contribution in [2.45, 2.75) is 52.7 Å². The van der Waals surface area contributed by atoms with Crippen molar-refractivity contribution in [2.75, 3.05) is 0 Å². The van der Waals surface area contributed by atoms with Gasteiger partial charge in [-0.15, -0.1) is 0 Å². The summed E-state index contributed by atoms with van der Waals surface area (Å²) in [6.45, 7) is 8.04. The van der Waals surface area contributed by atoms with E-state index in [0.29, 0.717) is 6.04 Å². The van der Waals surface area contributed by atoms with Crippen LogP contribution in [-0.4, -0.2) is 15.6 Å². The van der Waals surface area contributed by atoms with Crippen LogP contribution in [0.2, 0.25) is 0 Å². The van der Waals surface area contributed by atoms with Crippen LogP contribution in [0.1, 0.15) is 39.4 Å². The number of aryl methyl sites for hydroxylation is 1. The lowest BCUT2D eigenvalue weighted by Gasteiger charge is -2.12. The smallest absolute Gasteiger partial charge is 0.125 e. The highest BCUT2D eigenvalue weighted by Gasteiger charge is 2.11. The number of hydrogen-bond acceptors (Lipinski definition) is 2. The number of benzene rings is 1. The summed E-state index contributed by atoms with van der Waals surface area (Å²) in [5.41, 5.74) is 1.76.